The minimum absolute atomic E-state index is 0.0674. The summed E-state index contributed by atoms with van der Waals surface area (Å²) in [6.45, 7) is 0.650. The lowest BCUT2D eigenvalue weighted by Gasteiger charge is -2.08. The average Bonchev–Trinajstić information content (AvgIpc) is 2.99. The van der Waals surface area contributed by atoms with Crippen molar-refractivity contribution in [3.63, 3.8) is 0 Å². The molecule has 2 aromatic rings. The van der Waals surface area contributed by atoms with Crippen LogP contribution in [0.15, 0.2) is 17.3 Å². The van der Waals surface area contributed by atoms with Crippen LogP contribution in [0.5, 0.6) is 0 Å². The average molecular weight is 325 g/mol. The van der Waals surface area contributed by atoms with Gasteiger partial charge in [-0.05, 0) is 6.26 Å². The van der Waals surface area contributed by atoms with Crippen molar-refractivity contribution in [2.24, 2.45) is 7.05 Å². The molecule has 0 saturated heterocycles. The van der Waals surface area contributed by atoms with Gasteiger partial charge < -0.3 is 16.0 Å². The Kier molecular flexibility index (Phi) is 4.79. The first-order valence-electron chi connectivity index (χ1n) is 6.33. The van der Waals surface area contributed by atoms with Crippen LogP contribution in [-0.2, 0) is 13.6 Å². The van der Waals surface area contributed by atoms with E-state index < -0.39 is 0 Å². The fourth-order valence-corrected chi connectivity index (χ4v) is 3.91. The zero-order valence-corrected chi connectivity index (χ0v) is 14.1. The van der Waals surface area contributed by atoms with Gasteiger partial charge in [-0.3, -0.25) is 9.48 Å². The number of thioether (sulfide) groups is 1. The molecule has 0 saturated carbocycles. The van der Waals surface area contributed by atoms with E-state index in [0.717, 1.165) is 15.5 Å². The molecule has 8 heteroatoms. The van der Waals surface area contributed by atoms with Crippen LogP contribution in [0.3, 0.4) is 0 Å². The molecule has 0 bridgehead atoms. The second kappa shape index (κ2) is 6.40. The van der Waals surface area contributed by atoms with Crippen LogP contribution in [0.4, 0.5) is 10.7 Å². The lowest BCUT2D eigenvalue weighted by molar-refractivity contribution is 0.0833. The van der Waals surface area contributed by atoms with Crippen molar-refractivity contribution in [1.29, 1.82) is 0 Å². The molecule has 0 aromatic carbocycles. The van der Waals surface area contributed by atoms with Gasteiger partial charge in [0.2, 0.25) is 0 Å². The maximum absolute atomic E-state index is 12.1. The van der Waals surface area contributed by atoms with Crippen LogP contribution in [0.2, 0.25) is 0 Å². The molecule has 0 radical (unpaired) electrons. The number of aromatic nitrogens is 2. The van der Waals surface area contributed by atoms with Crippen LogP contribution in [0, 0.1) is 0 Å². The van der Waals surface area contributed by atoms with Gasteiger partial charge in [0.1, 0.15) is 9.88 Å². The number of thiophene rings is 1. The zero-order valence-electron chi connectivity index (χ0n) is 12.5. The third kappa shape index (κ3) is 3.33. The lowest BCUT2D eigenvalue weighted by Crippen LogP contribution is -2.21. The fraction of sp³-hybridized carbons (Fsp3) is 0.385. The number of hydrogen-bond acceptors (Lipinski definition) is 6. The number of amides is 1. The van der Waals surface area contributed by atoms with Crippen molar-refractivity contribution >= 4 is 39.7 Å². The topological polar surface area (TPSA) is 76.2 Å². The Balaban J connectivity index is 2.22. The van der Waals surface area contributed by atoms with Gasteiger partial charge in [0, 0.05) is 39.4 Å². The number of aryl methyl sites for hydroxylation is 1. The third-order valence-corrected chi connectivity index (χ3v) is 5.03. The molecule has 0 unspecified atom stereocenters. The number of nitrogen functional groups attached to an aromatic ring is 1. The first kappa shape index (κ1) is 15.7. The van der Waals surface area contributed by atoms with E-state index >= 15 is 0 Å². The van der Waals surface area contributed by atoms with E-state index in [-0.39, 0.29) is 5.91 Å². The van der Waals surface area contributed by atoms with Crippen LogP contribution in [0.1, 0.15) is 15.2 Å². The molecule has 1 amide bonds. The highest BCUT2D eigenvalue weighted by Gasteiger charge is 2.21. The number of rotatable bonds is 5. The molecule has 21 heavy (non-hydrogen) atoms. The standard InChI is InChI=1S/C13H19N5OS2/c1-17(2)13(19)11-9(14)10(20-4)12(21-11)15-5-8-6-16-18(3)7-8/h6-7,15H,5,14H2,1-4H3. The molecule has 0 atom stereocenters. The van der Waals surface area contributed by atoms with E-state index in [1.165, 1.54) is 16.2 Å². The van der Waals surface area contributed by atoms with Crippen LogP contribution >= 0.6 is 23.1 Å². The first-order valence-corrected chi connectivity index (χ1v) is 8.37. The van der Waals surface area contributed by atoms with Crippen LogP contribution in [-0.4, -0.2) is 40.9 Å². The largest absolute Gasteiger partial charge is 0.396 e. The second-order valence-corrected chi connectivity index (χ2v) is 6.62. The summed E-state index contributed by atoms with van der Waals surface area (Å²) in [5.41, 5.74) is 7.75. The van der Waals surface area contributed by atoms with Gasteiger partial charge >= 0.3 is 0 Å². The molecule has 114 valence electrons. The van der Waals surface area contributed by atoms with Crippen molar-refractivity contribution in [2.75, 3.05) is 31.4 Å². The maximum atomic E-state index is 12.1. The summed E-state index contributed by atoms with van der Waals surface area (Å²) in [7, 11) is 5.33. The van der Waals surface area contributed by atoms with E-state index in [4.69, 9.17) is 5.73 Å². The smallest absolute Gasteiger partial charge is 0.265 e. The maximum Gasteiger partial charge on any atom is 0.265 e. The highest BCUT2D eigenvalue weighted by atomic mass is 32.2. The van der Waals surface area contributed by atoms with E-state index in [0.29, 0.717) is 17.1 Å². The minimum Gasteiger partial charge on any atom is -0.396 e. The Bertz CT molecular complexity index is 647. The summed E-state index contributed by atoms with van der Waals surface area (Å²) in [6, 6.07) is 0. The van der Waals surface area contributed by atoms with E-state index in [1.807, 2.05) is 25.7 Å². The first-order chi connectivity index (χ1) is 9.93. The molecular formula is C13H19N5OS2. The molecule has 2 rings (SSSR count). The van der Waals surface area contributed by atoms with E-state index in [9.17, 15) is 4.79 Å². The van der Waals surface area contributed by atoms with Gasteiger partial charge in [-0.15, -0.1) is 23.1 Å². The summed E-state index contributed by atoms with van der Waals surface area (Å²) < 4.78 is 1.76. The second-order valence-electron chi connectivity index (χ2n) is 4.78. The van der Waals surface area contributed by atoms with Crippen molar-refractivity contribution in [3.8, 4) is 0 Å². The van der Waals surface area contributed by atoms with Crippen LogP contribution in [0.25, 0.3) is 0 Å². The van der Waals surface area contributed by atoms with E-state index in [1.54, 1.807) is 30.5 Å². The zero-order chi connectivity index (χ0) is 15.6. The van der Waals surface area contributed by atoms with E-state index in [2.05, 4.69) is 10.4 Å². The molecule has 2 heterocycles. The van der Waals surface area contributed by atoms with Gasteiger partial charge in [0.05, 0.1) is 16.8 Å². The molecular weight excluding hydrogens is 306 g/mol. The molecule has 0 aliphatic rings. The van der Waals surface area contributed by atoms with Crippen molar-refractivity contribution < 1.29 is 4.79 Å². The molecule has 2 aromatic heterocycles. The normalized spacial score (nSPS) is 10.7. The number of nitrogens with zero attached hydrogens (tertiary/aromatic N) is 3. The molecule has 6 nitrogen and oxygen atoms in total. The fourth-order valence-electron chi connectivity index (χ4n) is 1.86. The number of carbonyl (C=O) groups excluding carboxylic acids is 1. The van der Waals surface area contributed by atoms with Gasteiger partial charge in [0.25, 0.3) is 5.91 Å². The Hall–Kier alpha value is -1.67. The van der Waals surface area contributed by atoms with Crippen LogP contribution < -0.4 is 11.1 Å². The van der Waals surface area contributed by atoms with Crippen molar-refractivity contribution in [1.82, 2.24) is 14.7 Å². The Labute approximate surface area is 132 Å². The highest BCUT2D eigenvalue weighted by molar-refractivity contribution is 7.99. The lowest BCUT2D eigenvalue weighted by atomic mass is 10.3. The van der Waals surface area contributed by atoms with Crippen molar-refractivity contribution in [2.45, 2.75) is 11.4 Å². The highest BCUT2D eigenvalue weighted by Crippen LogP contribution is 2.42. The predicted molar refractivity (Wildman–Crippen MR) is 89.1 cm³/mol. The molecule has 3 N–H and O–H groups in total. The molecule has 0 spiro atoms. The Morgan fingerprint density at radius 3 is 2.81 bits per heavy atom. The SMILES string of the molecule is CSc1c(NCc2cnn(C)c2)sc(C(=O)N(C)C)c1N. The predicted octanol–water partition coefficient (Wildman–Crippen LogP) is 2.10. The van der Waals surface area contributed by atoms with Gasteiger partial charge in [-0.1, -0.05) is 0 Å². The quantitative estimate of drug-likeness (QED) is 0.823. The number of nitrogens with one attached hydrogen (secondary N) is 1. The summed E-state index contributed by atoms with van der Waals surface area (Å²) in [6.07, 6.45) is 5.72. The summed E-state index contributed by atoms with van der Waals surface area (Å²) in [5.74, 6) is -0.0674. The molecule has 0 fully saturated rings. The number of anilines is 2. The van der Waals surface area contributed by atoms with Gasteiger partial charge in [-0.25, -0.2) is 0 Å². The summed E-state index contributed by atoms with van der Waals surface area (Å²) in [5, 5.41) is 8.40. The number of nitrogens with two attached hydrogens (primary N) is 1. The number of hydrogen-bond donors (Lipinski definition) is 2. The summed E-state index contributed by atoms with van der Waals surface area (Å²) in [4.78, 5) is 15.2. The summed E-state index contributed by atoms with van der Waals surface area (Å²) >= 11 is 2.94. The molecule has 0 aliphatic carbocycles. The van der Waals surface area contributed by atoms with Gasteiger partial charge in [0.15, 0.2) is 0 Å². The Morgan fingerprint density at radius 1 is 1.57 bits per heavy atom. The molecule has 0 aliphatic heterocycles. The third-order valence-electron chi connectivity index (χ3n) is 2.92. The monoisotopic (exact) mass is 325 g/mol. The minimum atomic E-state index is -0.0674. The Morgan fingerprint density at radius 2 is 2.29 bits per heavy atom. The number of carbonyl (C=O) groups is 1. The van der Waals surface area contributed by atoms with Crippen molar-refractivity contribution in [3.05, 3.63) is 22.8 Å². The van der Waals surface area contributed by atoms with Gasteiger partial charge in [-0.2, -0.15) is 5.10 Å².